The summed E-state index contributed by atoms with van der Waals surface area (Å²) in [5, 5.41) is 9.65. The quantitative estimate of drug-likeness (QED) is 0.596. The molecule has 0 spiro atoms. The molecule has 1 nitrogen and oxygen atoms in total. The Morgan fingerprint density at radius 3 is 2.82 bits per heavy atom. The fraction of sp³-hybridized carbons (Fsp3) is 0.400. The molecule has 0 fully saturated rings. The molecular formula is C10H12O. The van der Waals surface area contributed by atoms with E-state index >= 15 is 0 Å². The number of aliphatic hydroxyl groups is 1. The van der Waals surface area contributed by atoms with Crippen molar-refractivity contribution in [2.45, 2.75) is 19.4 Å². The molecule has 0 aromatic heterocycles. The topological polar surface area (TPSA) is 20.2 Å². The van der Waals surface area contributed by atoms with Crippen LogP contribution in [0.1, 0.15) is 24.2 Å². The van der Waals surface area contributed by atoms with Gasteiger partial charge in [-0.3, -0.25) is 0 Å². The van der Waals surface area contributed by atoms with E-state index in [9.17, 15) is 5.11 Å². The Kier molecular flexibility index (Phi) is 1.46. The first-order valence-corrected chi connectivity index (χ1v) is 4.05. The van der Waals surface area contributed by atoms with Gasteiger partial charge in [0, 0.05) is 0 Å². The van der Waals surface area contributed by atoms with Crippen LogP contribution in [0.25, 0.3) is 0 Å². The fourth-order valence-corrected chi connectivity index (χ4v) is 1.77. The average Bonchev–Trinajstić information content (AvgIpc) is 2.30. The van der Waals surface area contributed by atoms with Crippen LogP contribution in [-0.2, 0) is 6.42 Å². The molecule has 0 aliphatic heterocycles. The van der Waals surface area contributed by atoms with Gasteiger partial charge in [0.05, 0.1) is 6.10 Å². The van der Waals surface area contributed by atoms with Crippen molar-refractivity contribution in [3.05, 3.63) is 35.4 Å². The van der Waals surface area contributed by atoms with Gasteiger partial charge in [0.15, 0.2) is 0 Å². The molecule has 0 bridgehead atoms. The van der Waals surface area contributed by atoms with Crippen LogP contribution in [0, 0.1) is 5.92 Å². The van der Waals surface area contributed by atoms with Gasteiger partial charge in [-0.1, -0.05) is 31.2 Å². The zero-order valence-electron chi connectivity index (χ0n) is 6.62. The molecule has 0 saturated heterocycles. The third-order valence-corrected chi connectivity index (χ3v) is 2.45. The summed E-state index contributed by atoms with van der Waals surface area (Å²) < 4.78 is 0. The number of rotatable bonds is 0. The van der Waals surface area contributed by atoms with Gasteiger partial charge in [-0.15, -0.1) is 0 Å². The van der Waals surface area contributed by atoms with Gasteiger partial charge in [-0.2, -0.15) is 0 Å². The van der Waals surface area contributed by atoms with E-state index in [1.165, 1.54) is 5.56 Å². The van der Waals surface area contributed by atoms with E-state index in [0.29, 0.717) is 5.92 Å². The van der Waals surface area contributed by atoms with Gasteiger partial charge in [-0.05, 0) is 23.5 Å². The maximum absolute atomic E-state index is 9.65. The van der Waals surface area contributed by atoms with Crippen molar-refractivity contribution in [2.24, 2.45) is 5.92 Å². The van der Waals surface area contributed by atoms with Crippen molar-refractivity contribution in [3.8, 4) is 0 Å². The lowest BCUT2D eigenvalue weighted by Crippen LogP contribution is -2.00. The Morgan fingerprint density at radius 2 is 2.09 bits per heavy atom. The van der Waals surface area contributed by atoms with Crippen LogP contribution in [0.2, 0.25) is 0 Å². The lowest BCUT2D eigenvalue weighted by Gasteiger charge is -2.07. The Balaban J connectivity index is 2.47. The second-order valence-corrected chi connectivity index (χ2v) is 3.33. The van der Waals surface area contributed by atoms with Crippen LogP contribution in [0.15, 0.2) is 24.3 Å². The first kappa shape index (κ1) is 6.86. The molecule has 0 saturated carbocycles. The van der Waals surface area contributed by atoms with Crippen LogP contribution in [0.4, 0.5) is 0 Å². The van der Waals surface area contributed by atoms with Gasteiger partial charge >= 0.3 is 0 Å². The standard InChI is InChI=1S/C10H12O/c1-7-6-8-4-2-3-5-9(8)10(7)11/h2-5,7,10-11H,6H2,1H3/t7-,10+/m1/s1. The number of benzene rings is 1. The first-order valence-electron chi connectivity index (χ1n) is 4.05. The fourth-order valence-electron chi connectivity index (χ4n) is 1.77. The monoisotopic (exact) mass is 148 g/mol. The summed E-state index contributed by atoms with van der Waals surface area (Å²) in [6, 6.07) is 8.13. The summed E-state index contributed by atoms with van der Waals surface area (Å²) in [5.41, 5.74) is 2.44. The van der Waals surface area contributed by atoms with E-state index in [4.69, 9.17) is 0 Å². The second kappa shape index (κ2) is 2.35. The van der Waals surface area contributed by atoms with Gasteiger partial charge in [0.1, 0.15) is 0 Å². The van der Waals surface area contributed by atoms with Crippen LogP contribution in [0.3, 0.4) is 0 Å². The van der Waals surface area contributed by atoms with E-state index in [1.54, 1.807) is 0 Å². The number of hydrogen-bond donors (Lipinski definition) is 1. The Morgan fingerprint density at radius 1 is 1.36 bits per heavy atom. The third-order valence-electron chi connectivity index (χ3n) is 2.45. The van der Waals surface area contributed by atoms with Gasteiger partial charge in [0.25, 0.3) is 0 Å². The summed E-state index contributed by atoms with van der Waals surface area (Å²) in [7, 11) is 0. The van der Waals surface area contributed by atoms with Gasteiger partial charge in [-0.25, -0.2) is 0 Å². The Bertz CT molecular complexity index is 267. The molecule has 0 radical (unpaired) electrons. The van der Waals surface area contributed by atoms with Crippen molar-refractivity contribution >= 4 is 0 Å². The first-order chi connectivity index (χ1) is 5.29. The molecule has 1 N–H and O–H groups in total. The maximum Gasteiger partial charge on any atom is 0.0821 e. The molecule has 0 amide bonds. The highest BCUT2D eigenvalue weighted by Gasteiger charge is 2.26. The van der Waals surface area contributed by atoms with E-state index in [2.05, 4.69) is 13.0 Å². The van der Waals surface area contributed by atoms with E-state index in [1.807, 2.05) is 18.2 Å². The summed E-state index contributed by atoms with van der Waals surface area (Å²) in [6.45, 7) is 2.09. The molecule has 1 aliphatic rings. The molecular weight excluding hydrogens is 136 g/mol. The zero-order valence-corrected chi connectivity index (χ0v) is 6.62. The third kappa shape index (κ3) is 0.962. The molecule has 0 unspecified atom stereocenters. The highest BCUT2D eigenvalue weighted by Crippen LogP contribution is 2.34. The lowest BCUT2D eigenvalue weighted by molar-refractivity contribution is 0.133. The Labute approximate surface area is 66.7 Å². The molecule has 1 heteroatoms. The van der Waals surface area contributed by atoms with Crippen LogP contribution >= 0.6 is 0 Å². The highest BCUT2D eigenvalue weighted by molar-refractivity contribution is 5.34. The van der Waals surface area contributed by atoms with E-state index in [-0.39, 0.29) is 6.10 Å². The minimum atomic E-state index is -0.230. The molecule has 58 valence electrons. The molecule has 11 heavy (non-hydrogen) atoms. The lowest BCUT2D eigenvalue weighted by atomic mass is 10.1. The maximum atomic E-state index is 9.65. The average molecular weight is 148 g/mol. The molecule has 2 atom stereocenters. The number of hydrogen-bond acceptors (Lipinski definition) is 1. The molecule has 0 heterocycles. The van der Waals surface area contributed by atoms with Crippen molar-refractivity contribution in [1.82, 2.24) is 0 Å². The summed E-state index contributed by atoms with van der Waals surface area (Å²) in [5.74, 6) is 0.396. The van der Waals surface area contributed by atoms with Gasteiger partial charge in [0.2, 0.25) is 0 Å². The van der Waals surface area contributed by atoms with Crippen molar-refractivity contribution in [1.29, 1.82) is 0 Å². The van der Waals surface area contributed by atoms with E-state index < -0.39 is 0 Å². The van der Waals surface area contributed by atoms with Crippen molar-refractivity contribution in [2.75, 3.05) is 0 Å². The highest BCUT2D eigenvalue weighted by atomic mass is 16.3. The normalized spacial score (nSPS) is 28.5. The van der Waals surface area contributed by atoms with Crippen LogP contribution in [0.5, 0.6) is 0 Å². The van der Waals surface area contributed by atoms with Crippen LogP contribution in [-0.4, -0.2) is 5.11 Å². The van der Waals surface area contributed by atoms with E-state index in [0.717, 1.165) is 12.0 Å². The van der Waals surface area contributed by atoms with Crippen LogP contribution < -0.4 is 0 Å². The minimum absolute atomic E-state index is 0.230. The largest absolute Gasteiger partial charge is 0.388 e. The molecule has 1 aliphatic carbocycles. The zero-order chi connectivity index (χ0) is 7.84. The summed E-state index contributed by atoms with van der Waals surface area (Å²) >= 11 is 0. The van der Waals surface area contributed by atoms with Gasteiger partial charge < -0.3 is 5.11 Å². The Hall–Kier alpha value is -0.820. The summed E-state index contributed by atoms with van der Waals surface area (Å²) in [6.07, 6.45) is 0.795. The SMILES string of the molecule is C[C@@H]1Cc2ccccc2[C@H]1O. The summed E-state index contributed by atoms with van der Waals surface area (Å²) in [4.78, 5) is 0. The second-order valence-electron chi connectivity index (χ2n) is 3.33. The minimum Gasteiger partial charge on any atom is -0.388 e. The molecule has 1 aromatic rings. The van der Waals surface area contributed by atoms with Crippen molar-refractivity contribution < 1.29 is 5.11 Å². The predicted molar refractivity (Wildman–Crippen MR) is 44.3 cm³/mol. The predicted octanol–water partition coefficient (Wildman–Crippen LogP) is 1.91. The van der Waals surface area contributed by atoms with Crippen molar-refractivity contribution in [3.63, 3.8) is 0 Å². The molecule has 2 rings (SSSR count). The smallest absolute Gasteiger partial charge is 0.0821 e. The number of fused-ring (bicyclic) bond motifs is 1. The molecule has 1 aromatic carbocycles. The number of aliphatic hydroxyl groups excluding tert-OH is 1.